The van der Waals surface area contributed by atoms with Crippen LogP contribution in [0.1, 0.15) is 24.9 Å². The molecule has 136 valence electrons. The Hall–Kier alpha value is -2.61. The van der Waals surface area contributed by atoms with Crippen molar-refractivity contribution in [2.45, 2.75) is 31.4 Å². The molecule has 0 saturated carbocycles. The predicted octanol–water partition coefficient (Wildman–Crippen LogP) is 3.24. The number of nitrogens with zero attached hydrogens (tertiary/aromatic N) is 4. The molecule has 0 spiro atoms. The van der Waals surface area contributed by atoms with Gasteiger partial charge in [-0.1, -0.05) is 30.3 Å². The molecule has 2 aromatic heterocycles. The third-order valence-electron chi connectivity index (χ3n) is 5.02. The van der Waals surface area contributed by atoms with Crippen molar-refractivity contribution in [1.29, 1.82) is 0 Å². The van der Waals surface area contributed by atoms with Gasteiger partial charge in [-0.25, -0.2) is 18.7 Å². The molecule has 3 heterocycles. The monoisotopic (exact) mass is 358 g/mol. The minimum absolute atomic E-state index is 0.0531. The maximum Gasteiger partial charge on any atom is 0.280 e. The first-order chi connectivity index (χ1) is 12.5. The first-order valence-electron chi connectivity index (χ1n) is 8.62. The Balaban J connectivity index is 1.50. The van der Waals surface area contributed by atoms with Crippen molar-refractivity contribution in [3.05, 3.63) is 48.4 Å². The summed E-state index contributed by atoms with van der Waals surface area (Å²) in [6.45, 7) is 2.27. The normalized spacial score (nSPS) is 21.6. The van der Waals surface area contributed by atoms with Gasteiger partial charge in [-0.3, -0.25) is 10.00 Å². The summed E-state index contributed by atoms with van der Waals surface area (Å²) in [5.74, 6) is -2.49. The van der Waals surface area contributed by atoms with E-state index in [0.29, 0.717) is 29.8 Å². The lowest BCUT2D eigenvalue weighted by Crippen LogP contribution is -2.55. The average molecular weight is 358 g/mol. The van der Waals surface area contributed by atoms with E-state index in [2.05, 4.69) is 25.5 Å². The summed E-state index contributed by atoms with van der Waals surface area (Å²) >= 11 is 0. The molecule has 0 aliphatic carbocycles. The molecule has 3 aromatic rings. The lowest BCUT2D eigenvalue weighted by atomic mass is 9.97. The second-order valence-electron chi connectivity index (χ2n) is 6.66. The summed E-state index contributed by atoms with van der Waals surface area (Å²) in [6, 6.07) is 8.72. The zero-order valence-corrected chi connectivity index (χ0v) is 14.4. The molecule has 26 heavy (non-hydrogen) atoms. The molecule has 0 bridgehead atoms. The first-order valence-corrected chi connectivity index (χ1v) is 8.62. The molecule has 1 aromatic carbocycles. The van der Waals surface area contributed by atoms with E-state index < -0.39 is 12.0 Å². The summed E-state index contributed by atoms with van der Waals surface area (Å²) in [6.07, 6.45) is 3.21. The predicted molar refractivity (Wildman–Crippen MR) is 95.1 cm³/mol. The molecular formula is C18H20F2N6. The Morgan fingerprint density at radius 1 is 1.27 bits per heavy atom. The van der Waals surface area contributed by atoms with E-state index in [4.69, 9.17) is 0 Å². The molecule has 1 aliphatic rings. The average Bonchev–Trinajstić information content (AvgIpc) is 3.13. The summed E-state index contributed by atoms with van der Waals surface area (Å²) in [5, 5.41) is 10.1. The van der Waals surface area contributed by atoms with Crippen LogP contribution >= 0.6 is 0 Å². The Labute approximate surface area is 149 Å². The van der Waals surface area contributed by atoms with E-state index in [0.717, 1.165) is 5.56 Å². The maximum atomic E-state index is 14.8. The van der Waals surface area contributed by atoms with Crippen LogP contribution in [-0.4, -0.2) is 50.1 Å². The SMILES string of the molecule is CC(c1ccccc1)N1CCC(Nc2ncnc3[nH]ncc23)C(F)(F)C1. The third kappa shape index (κ3) is 3.12. The fourth-order valence-electron chi connectivity index (χ4n) is 3.46. The van der Waals surface area contributed by atoms with Crippen molar-refractivity contribution in [2.75, 3.05) is 18.4 Å². The van der Waals surface area contributed by atoms with Gasteiger partial charge in [0.25, 0.3) is 5.92 Å². The number of fused-ring (bicyclic) bond motifs is 1. The number of benzene rings is 1. The topological polar surface area (TPSA) is 69.7 Å². The molecule has 4 rings (SSSR count). The molecular weight excluding hydrogens is 338 g/mol. The second kappa shape index (κ2) is 6.60. The molecule has 2 N–H and O–H groups in total. The van der Waals surface area contributed by atoms with Crippen LogP contribution < -0.4 is 5.32 Å². The standard InChI is InChI=1S/C18H20F2N6/c1-12(13-5-3-2-4-6-13)26-8-7-15(18(19,20)10-26)24-16-14-9-23-25-17(14)22-11-21-16/h2-6,9,11-12,15H,7-8,10H2,1H3,(H2,21,22,23,24,25). The van der Waals surface area contributed by atoms with E-state index in [1.165, 1.54) is 6.33 Å². The highest BCUT2D eigenvalue weighted by molar-refractivity contribution is 5.85. The fourth-order valence-corrected chi connectivity index (χ4v) is 3.46. The van der Waals surface area contributed by atoms with Crippen LogP contribution in [0.5, 0.6) is 0 Å². The van der Waals surface area contributed by atoms with E-state index in [9.17, 15) is 8.78 Å². The Morgan fingerprint density at radius 2 is 2.08 bits per heavy atom. The number of H-pyrrole nitrogens is 1. The Kier molecular flexibility index (Phi) is 4.28. The first kappa shape index (κ1) is 16.8. The van der Waals surface area contributed by atoms with Crippen LogP contribution in [0, 0.1) is 0 Å². The van der Waals surface area contributed by atoms with Crippen molar-refractivity contribution in [1.82, 2.24) is 25.1 Å². The maximum absolute atomic E-state index is 14.8. The van der Waals surface area contributed by atoms with Gasteiger partial charge < -0.3 is 5.32 Å². The van der Waals surface area contributed by atoms with Crippen molar-refractivity contribution in [3.8, 4) is 0 Å². The minimum Gasteiger partial charge on any atom is -0.360 e. The highest BCUT2D eigenvalue weighted by Crippen LogP contribution is 2.34. The number of nitrogens with one attached hydrogen (secondary N) is 2. The summed E-state index contributed by atoms with van der Waals surface area (Å²) < 4.78 is 29.7. The molecule has 8 heteroatoms. The summed E-state index contributed by atoms with van der Waals surface area (Å²) in [4.78, 5) is 9.98. The Bertz CT molecular complexity index is 882. The van der Waals surface area contributed by atoms with Crippen LogP contribution in [0.15, 0.2) is 42.9 Å². The molecule has 0 amide bonds. The van der Waals surface area contributed by atoms with Gasteiger partial charge in [0, 0.05) is 12.6 Å². The van der Waals surface area contributed by atoms with Gasteiger partial charge in [-0.2, -0.15) is 5.10 Å². The minimum atomic E-state index is -2.87. The highest BCUT2D eigenvalue weighted by atomic mass is 19.3. The molecule has 1 fully saturated rings. The van der Waals surface area contributed by atoms with Crippen molar-refractivity contribution < 1.29 is 8.78 Å². The number of aromatic nitrogens is 4. The smallest absolute Gasteiger partial charge is 0.280 e. The molecule has 1 saturated heterocycles. The van der Waals surface area contributed by atoms with Crippen molar-refractivity contribution in [2.24, 2.45) is 0 Å². The quantitative estimate of drug-likeness (QED) is 0.749. The van der Waals surface area contributed by atoms with Crippen LogP contribution in [0.4, 0.5) is 14.6 Å². The number of piperidine rings is 1. The van der Waals surface area contributed by atoms with Crippen molar-refractivity contribution in [3.63, 3.8) is 0 Å². The van der Waals surface area contributed by atoms with E-state index in [-0.39, 0.29) is 12.6 Å². The van der Waals surface area contributed by atoms with Crippen LogP contribution in [0.25, 0.3) is 11.0 Å². The van der Waals surface area contributed by atoms with E-state index >= 15 is 0 Å². The third-order valence-corrected chi connectivity index (χ3v) is 5.02. The van der Waals surface area contributed by atoms with Gasteiger partial charge in [0.2, 0.25) is 0 Å². The highest BCUT2D eigenvalue weighted by Gasteiger charge is 2.46. The molecule has 6 nitrogen and oxygen atoms in total. The lowest BCUT2D eigenvalue weighted by molar-refractivity contribution is -0.0831. The number of hydrogen-bond acceptors (Lipinski definition) is 5. The lowest BCUT2D eigenvalue weighted by Gasteiger charge is -2.41. The van der Waals surface area contributed by atoms with Gasteiger partial charge >= 0.3 is 0 Å². The summed E-state index contributed by atoms with van der Waals surface area (Å²) in [7, 11) is 0. The number of halogens is 2. The van der Waals surface area contributed by atoms with Gasteiger partial charge in [-0.05, 0) is 18.9 Å². The largest absolute Gasteiger partial charge is 0.360 e. The second-order valence-corrected chi connectivity index (χ2v) is 6.66. The number of rotatable bonds is 4. The summed E-state index contributed by atoms with van der Waals surface area (Å²) in [5.41, 5.74) is 1.58. The number of anilines is 1. The fraction of sp³-hybridized carbons (Fsp3) is 0.389. The van der Waals surface area contributed by atoms with Gasteiger partial charge in [-0.15, -0.1) is 0 Å². The number of hydrogen-bond donors (Lipinski definition) is 2. The zero-order chi connectivity index (χ0) is 18.1. The van der Waals surface area contributed by atoms with Crippen LogP contribution in [0.2, 0.25) is 0 Å². The number of aromatic amines is 1. The van der Waals surface area contributed by atoms with Gasteiger partial charge in [0.1, 0.15) is 12.1 Å². The van der Waals surface area contributed by atoms with Gasteiger partial charge in [0.05, 0.1) is 24.2 Å². The molecule has 2 atom stereocenters. The molecule has 0 radical (unpaired) electrons. The van der Waals surface area contributed by atoms with Gasteiger partial charge in [0.15, 0.2) is 5.65 Å². The number of alkyl halides is 2. The van der Waals surface area contributed by atoms with E-state index in [1.54, 1.807) is 6.20 Å². The van der Waals surface area contributed by atoms with Crippen molar-refractivity contribution >= 4 is 16.9 Å². The number of likely N-dealkylation sites (tertiary alicyclic amines) is 1. The molecule has 1 aliphatic heterocycles. The van der Waals surface area contributed by atoms with E-state index in [1.807, 2.05) is 42.2 Å². The Morgan fingerprint density at radius 3 is 2.85 bits per heavy atom. The van der Waals surface area contributed by atoms with Crippen LogP contribution in [0.3, 0.4) is 0 Å². The zero-order valence-electron chi connectivity index (χ0n) is 14.4. The van der Waals surface area contributed by atoms with Crippen LogP contribution in [-0.2, 0) is 0 Å². The molecule has 2 unspecified atom stereocenters.